The molecule has 0 amide bonds. The second-order valence-electron chi connectivity index (χ2n) is 5.67. The molecule has 0 atom stereocenters. The molecule has 0 radical (unpaired) electrons. The summed E-state index contributed by atoms with van der Waals surface area (Å²) in [6.07, 6.45) is 5.61. The Morgan fingerprint density at radius 2 is 1.67 bits per heavy atom. The lowest BCUT2D eigenvalue weighted by atomic mass is 10.1. The third-order valence-electron chi connectivity index (χ3n) is 4.23. The minimum absolute atomic E-state index is 0.928. The Morgan fingerprint density at radius 3 is 2.48 bits per heavy atom. The van der Waals surface area contributed by atoms with E-state index in [1.54, 1.807) is 0 Å². The van der Waals surface area contributed by atoms with Crippen LogP contribution in [-0.2, 0) is 6.42 Å². The van der Waals surface area contributed by atoms with Crippen LogP contribution in [0.4, 0.5) is 5.82 Å². The Bertz CT molecular complexity index is 740. The van der Waals surface area contributed by atoms with E-state index >= 15 is 0 Å². The van der Waals surface area contributed by atoms with Crippen molar-refractivity contribution in [1.82, 2.24) is 9.38 Å². The third kappa shape index (κ3) is 2.29. The van der Waals surface area contributed by atoms with Gasteiger partial charge < -0.3 is 9.30 Å². The summed E-state index contributed by atoms with van der Waals surface area (Å²) in [5.74, 6) is 1.17. The molecule has 1 fully saturated rings. The van der Waals surface area contributed by atoms with Crippen LogP contribution in [0.1, 0.15) is 24.1 Å². The van der Waals surface area contributed by atoms with E-state index in [0.717, 1.165) is 25.2 Å². The van der Waals surface area contributed by atoms with Gasteiger partial charge in [-0.2, -0.15) is 0 Å². The smallest absolute Gasteiger partial charge is 0.151 e. The second-order valence-corrected chi connectivity index (χ2v) is 5.67. The fourth-order valence-corrected chi connectivity index (χ4v) is 3.17. The van der Waals surface area contributed by atoms with Crippen molar-refractivity contribution in [2.24, 2.45) is 0 Å². The van der Waals surface area contributed by atoms with Gasteiger partial charge in [-0.3, -0.25) is 0 Å². The van der Waals surface area contributed by atoms with Crippen LogP contribution in [0.5, 0.6) is 0 Å². The Balaban J connectivity index is 1.82. The van der Waals surface area contributed by atoms with Crippen molar-refractivity contribution in [1.29, 1.82) is 0 Å². The van der Waals surface area contributed by atoms with Gasteiger partial charge in [0.1, 0.15) is 5.65 Å². The highest BCUT2D eigenvalue weighted by molar-refractivity contribution is 5.57. The van der Waals surface area contributed by atoms with Crippen LogP contribution in [0, 0.1) is 0 Å². The number of rotatable bonds is 3. The van der Waals surface area contributed by atoms with Crippen molar-refractivity contribution in [3.8, 4) is 0 Å². The molecular weight excluding hydrogens is 258 g/mol. The SMILES string of the molecule is c1ccc(Cc2c(N3CCCC3)nc3ccccn23)cc1. The van der Waals surface area contributed by atoms with Gasteiger partial charge in [0.25, 0.3) is 0 Å². The van der Waals surface area contributed by atoms with Crippen molar-refractivity contribution in [3.63, 3.8) is 0 Å². The molecule has 3 heterocycles. The first-order chi connectivity index (χ1) is 10.4. The number of aromatic nitrogens is 2. The molecule has 3 heteroatoms. The largest absolute Gasteiger partial charge is 0.355 e. The standard InChI is InChI=1S/C18H19N3/c1-2-8-15(9-3-1)14-16-18(20-11-6-7-12-20)19-17-10-4-5-13-21(16)17/h1-5,8-10,13H,6-7,11-12,14H2. The molecule has 1 aliphatic rings. The summed E-state index contributed by atoms with van der Waals surface area (Å²) < 4.78 is 2.24. The van der Waals surface area contributed by atoms with Crippen molar-refractivity contribution < 1.29 is 0 Å². The van der Waals surface area contributed by atoms with E-state index in [0.29, 0.717) is 0 Å². The van der Waals surface area contributed by atoms with E-state index in [-0.39, 0.29) is 0 Å². The summed E-state index contributed by atoms with van der Waals surface area (Å²) in [5.41, 5.74) is 3.69. The van der Waals surface area contributed by atoms with Crippen molar-refractivity contribution in [3.05, 3.63) is 66.0 Å². The maximum absolute atomic E-state index is 4.88. The molecule has 106 valence electrons. The quantitative estimate of drug-likeness (QED) is 0.730. The lowest BCUT2D eigenvalue weighted by Gasteiger charge is -2.16. The Labute approximate surface area is 124 Å². The summed E-state index contributed by atoms with van der Waals surface area (Å²) in [7, 11) is 0. The average molecular weight is 277 g/mol. The van der Waals surface area contributed by atoms with Gasteiger partial charge in [0.2, 0.25) is 0 Å². The van der Waals surface area contributed by atoms with E-state index in [9.17, 15) is 0 Å². The lowest BCUT2D eigenvalue weighted by Crippen LogP contribution is -2.19. The van der Waals surface area contributed by atoms with Gasteiger partial charge in [0.15, 0.2) is 5.82 Å². The monoisotopic (exact) mass is 277 g/mol. The molecule has 1 saturated heterocycles. The van der Waals surface area contributed by atoms with Crippen LogP contribution in [0.3, 0.4) is 0 Å². The zero-order chi connectivity index (χ0) is 14.1. The highest BCUT2D eigenvalue weighted by Crippen LogP contribution is 2.27. The molecule has 0 aliphatic carbocycles. The van der Waals surface area contributed by atoms with E-state index in [2.05, 4.69) is 64.0 Å². The summed E-state index contributed by atoms with van der Waals surface area (Å²) in [6, 6.07) is 16.9. The number of benzene rings is 1. The number of anilines is 1. The number of nitrogens with zero attached hydrogens (tertiary/aromatic N) is 3. The average Bonchev–Trinajstić information content (AvgIpc) is 3.16. The van der Waals surface area contributed by atoms with Gasteiger partial charge >= 0.3 is 0 Å². The van der Waals surface area contributed by atoms with Gasteiger partial charge in [-0.15, -0.1) is 0 Å². The fraction of sp³-hybridized carbons (Fsp3) is 0.278. The van der Waals surface area contributed by atoms with Crippen LogP contribution in [0.15, 0.2) is 54.7 Å². The lowest BCUT2D eigenvalue weighted by molar-refractivity contribution is 0.920. The van der Waals surface area contributed by atoms with Crippen molar-refractivity contribution >= 4 is 11.5 Å². The highest BCUT2D eigenvalue weighted by atomic mass is 15.2. The molecule has 21 heavy (non-hydrogen) atoms. The van der Waals surface area contributed by atoms with Crippen LogP contribution >= 0.6 is 0 Å². The maximum Gasteiger partial charge on any atom is 0.151 e. The molecule has 1 aromatic carbocycles. The Kier molecular flexibility index (Phi) is 3.11. The zero-order valence-corrected chi connectivity index (χ0v) is 12.1. The fourth-order valence-electron chi connectivity index (χ4n) is 3.17. The maximum atomic E-state index is 4.88. The summed E-state index contributed by atoms with van der Waals surface area (Å²) in [4.78, 5) is 7.32. The van der Waals surface area contributed by atoms with Crippen LogP contribution in [0.2, 0.25) is 0 Å². The predicted molar refractivity (Wildman–Crippen MR) is 85.9 cm³/mol. The third-order valence-corrected chi connectivity index (χ3v) is 4.23. The number of pyridine rings is 1. The molecule has 3 aromatic rings. The molecule has 2 aromatic heterocycles. The first-order valence-electron chi connectivity index (χ1n) is 7.67. The minimum Gasteiger partial charge on any atom is -0.355 e. The number of fused-ring (bicyclic) bond motifs is 1. The first kappa shape index (κ1) is 12.5. The van der Waals surface area contributed by atoms with Gasteiger partial charge in [-0.1, -0.05) is 36.4 Å². The summed E-state index contributed by atoms with van der Waals surface area (Å²) in [5, 5.41) is 0. The first-order valence-corrected chi connectivity index (χ1v) is 7.67. The zero-order valence-electron chi connectivity index (χ0n) is 12.1. The van der Waals surface area contributed by atoms with Crippen molar-refractivity contribution in [2.75, 3.05) is 18.0 Å². The highest BCUT2D eigenvalue weighted by Gasteiger charge is 2.20. The van der Waals surface area contributed by atoms with E-state index in [1.807, 2.05) is 0 Å². The molecule has 0 bridgehead atoms. The minimum atomic E-state index is 0.928. The normalized spacial score (nSPS) is 15.0. The number of hydrogen-bond acceptors (Lipinski definition) is 2. The van der Waals surface area contributed by atoms with Gasteiger partial charge in [0.05, 0.1) is 5.69 Å². The van der Waals surface area contributed by atoms with Gasteiger partial charge in [0, 0.05) is 25.7 Å². The summed E-state index contributed by atoms with van der Waals surface area (Å²) in [6.45, 7) is 2.26. The molecule has 0 N–H and O–H groups in total. The molecule has 0 saturated carbocycles. The number of hydrogen-bond donors (Lipinski definition) is 0. The predicted octanol–water partition coefficient (Wildman–Crippen LogP) is 3.53. The molecule has 0 unspecified atom stereocenters. The Hall–Kier alpha value is -2.29. The topological polar surface area (TPSA) is 20.5 Å². The van der Waals surface area contributed by atoms with Crippen LogP contribution < -0.4 is 4.90 Å². The summed E-state index contributed by atoms with van der Waals surface area (Å²) >= 11 is 0. The van der Waals surface area contributed by atoms with E-state index in [1.165, 1.54) is 29.9 Å². The molecule has 4 rings (SSSR count). The molecule has 1 aliphatic heterocycles. The van der Waals surface area contributed by atoms with Crippen molar-refractivity contribution in [2.45, 2.75) is 19.3 Å². The number of imidazole rings is 1. The molecular formula is C18H19N3. The van der Waals surface area contributed by atoms with Gasteiger partial charge in [-0.05, 0) is 30.5 Å². The molecule has 3 nitrogen and oxygen atoms in total. The van der Waals surface area contributed by atoms with Gasteiger partial charge in [-0.25, -0.2) is 4.98 Å². The van der Waals surface area contributed by atoms with Crippen LogP contribution in [0.25, 0.3) is 5.65 Å². The second kappa shape index (κ2) is 5.24. The van der Waals surface area contributed by atoms with E-state index < -0.39 is 0 Å². The van der Waals surface area contributed by atoms with E-state index in [4.69, 9.17) is 4.98 Å². The molecule has 0 spiro atoms. The Morgan fingerprint density at radius 1 is 0.905 bits per heavy atom. The van der Waals surface area contributed by atoms with Crippen LogP contribution in [-0.4, -0.2) is 22.5 Å².